The van der Waals surface area contributed by atoms with Gasteiger partial charge in [-0.25, -0.2) is 0 Å². The number of hydrogen-bond donors (Lipinski definition) is 0. The third kappa shape index (κ3) is 4.59. The lowest BCUT2D eigenvalue weighted by molar-refractivity contribution is -0.125. The molecule has 2 aromatic carbocycles. The molecule has 0 unspecified atom stereocenters. The van der Waals surface area contributed by atoms with Crippen molar-refractivity contribution in [2.75, 3.05) is 33.5 Å². The molecule has 7 heteroatoms. The Bertz CT molecular complexity index is 943. The summed E-state index contributed by atoms with van der Waals surface area (Å²) in [5, 5.41) is 0.473. The third-order valence-corrected chi connectivity index (χ3v) is 4.93. The number of ether oxygens (including phenoxy) is 4. The van der Waals surface area contributed by atoms with Gasteiger partial charge in [-0.15, -0.1) is 0 Å². The Balaban J connectivity index is 1.43. The lowest BCUT2D eigenvalue weighted by atomic mass is 10.1. The van der Waals surface area contributed by atoms with Gasteiger partial charge in [0.25, 0.3) is 0 Å². The Morgan fingerprint density at radius 1 is 1.00 bits per heavy atom. The van der Waals surface area contributed by atoms with Crippen LogP contribution in [0.3, 0.4) is 0 Å². The molecule has 152 valence electrons. The zero-order valence-corrected chi connectivity index (χ0v) is 16.9. The summed E-state index contributed by atoms with van der Waals surface area (Å²) in [5.41, 5.74) is 1.75. The number of nitrogens with zero attached hydrogens (tertiary/aromatic N) is 1. The van der Waals surface area contributed by atoms with E-state index in [2.05, 4.69) is 0 Å². The van der Waals surface area contributed by atoms with Crippen LogP contribution in [0, 0.1) is 0 Å². The summed E-state index contributed by atoms with van der Waals surface area (Å²) in [6.45, 7) is 2.70. The van der Waals surface area contributed by atoms with E-state index in [9.17, 15) is 4.79 Å². The van der Waals surface area contributed by atoms with E-state index in [1.165, 1.54) is 6.08 Å². The van der Waals surface area contributed by atoms with Gasteiger partial charge < -0.3 is 23.8 Å². The molecule has 2 aliphatic rings. The maximum atomic E-state index is 12.5. The van der Waals surface area contributed by atoms with Crippen molar-refractivity contribution in [2.24, 2.45) is 0 Å². The molecule has 0 N–H and O–H groups in total. The topological polar surface area (TPSA) is 57.2 Å². The fourth-order valence-electron chi connectivity index (χ4n) is 3.18. The zero-order chi connectivity index (χ0) is 20.2. The summed E-state index contributed by atoms with van der Waals surface area (Å²) in [5.74, 6) is 2.49. The molecule has 1 amide bonds. The van der Waals surface area contributed by atoms with Gasteiger partial charge in [0.2, 0.25) is 5.91 Å². The highest BCUT2D eigenvalue weighted by atomic mass is 35.5. The van der Waals surface area contributed by atoms with Crippen LogP contribution in [0.1, 0.15) is 17.5 Å². The lowest BCUT2D eigenvalue weighted by Gasteiger charge is -2.20. The Labute approximate surface area is 174 Å². The Morgan fingerprint density at radius 3 is 2.62 bits per heavy atom. The van der Waals surface area contributed by atoms with Crippen molar-refractivity contribution in [1.29, 1.82) is 0 Å². The largest absolute Gasteiger partial charge is 0.489 e. The van der Waals surface area contributed by atoms with Crippen LogP contribution in [0.15, 0.2) is 36.4 Å². The van der Waals surface area contributed by atoms with Crippen LogP contribution in [0.4, 0.5) is 0 Å². The van der Waals surface area contributed by atoms with E-state index >= 15 is 0 Å². The van der Waals surface area contributed by atoms with Crippen molar-refractivity contribution in [3.8, 4) is 23.0 Å². The summed E-state index contributed by atoms with van der Waals surface area (Å²) in [6, 6.07) is 9.31. The molecule has 0 saturated heterocycles. The Hall–Kier alpha value is -2.86. The van der Waals surface area contributed by atoms with E-state index in [0.717, 1.165) is 23.3 Å². The Kier molecular flexibility index (Phi) is 5.81. The molecule has 0 aliphatic carbocycles. The molecule has 0 fully saturated rings. The SMILES string of the molecule is CN(Cc1ccc2c(c1)OCCO2)C(=O)C=Cc1cc(Cl)c2c(c1)OCCCO2. The fraction of sp³-hybridized carbons (Fsp3) is 0.318. The zero-order valence-electron chi connectivity index (χ0n) is 16.2. The summed E-state index contributed by atoms with van der Waals surface area (Å²) in [7, 11) is 1.75. The van der Waals surface area contributed by atoms with Crippen LogP contribution in [0.25, 0.3) is 6.08 Å². The van der Waals surface area contributed by atoms with Gasteiger partial charge in [-0.1, -0.05) is 17.7 Å². The molecule has 2 aromatic rings. The standard InChI is InChI=1S/C22H22ClNO5/c1-24(14-16-3-5-18-19(13-16)28-10-9-27-18)21(25)6-4-15-11-17(23)22-20(12-15)26-7-2-8-29-22/h3-6,11-13H,2,7-10,14H2,1H3. The van der Waals surface area contributed by atoms with E-state index in [0.29, 0.717) is 55.2 Å². The second-order valence-corrected chi connectivity index (χ2v) is 7.29. The number of benzene rings is 2. The minimum absolute atomic E-state index is 0.122. The van der Waals surface area contributed by atoms with E-state index in [4.69, 9.17) is 30.5 Å². The average molecular weight is 416 g/mol. The van der Waals surface area contributed by atoms with Crippen molar-refractivity contribution in [1.82, 2.24) is 4.90 Å². The summed E-state index contributed by atoms with van der Waals surface area (Å²) >= 11 is 6.31. The molecule has 0 aromatic heterocycles. The first-order valence-electron chi connectivity index (χ1n) is 9.51. The highest BCUT2D eigenvalue weighted by Crippen LogP contribution is 2.38. The molecule has 2 aliphatic heterocycles. The number of carbonyl (C=O) groups excluding carboxylic acids is 1. The maximum Gasteiger partial charge on any atom is 0.246 e. The van der Waals surface area contributed by atoms with Crippen LogP contribution < -0.4 is 18.9 Å². The molecular weight excluding hydrogens is 394 g/mol. The van der Waals surface area contributed by atoms with Crippen molar-refractivity contribution in [2.45, 2.75) is 13.0 Å². The Morgan fingerprint density at radius 2 is 1.76 bits per heavy atom. The maximum absolute atomic E-state index is 12.5. The van der Waals surface area contributed by atoms with Crippen LogP contribution in [-0.2, 0) is 11.3 Å². The van der Waals surface area contributed by atoms with Gasteiger partial charge in [0.05, 0.1) is 18.2 Å². The second kappa shape index (κ2) is 8.66. The predicted octanol–water partition coefficient (Wildman–Crippen LogP) is 3.94. The van der Waals surface area contributed by atoms with Gasteiger partial charge >= 0.3 is 0 Å². The number of hydrogen-bond acceptors (Lipinski definition) is 5. The molecule has 0 radical (unpaired) electrons. The van der Waals surface area contributed by atoms with Crippen LogP contribution in [0.5, 0.6) is 23.0 Å². The van der Waals surface area contributed by atoms with Crippen LogP contribution in [0.2, 0.25) is 5.02 Å². The first kappa shape index (κ1) is 19.5. The van der Waals surface area contributed by atoms with Gasteiger partial charge in [0.15, 0.2) is 23.0 Å². The second-order valence-electron chi connectivity index (χ2n) is 6.89. The molecule has 0 spiro atoms. The van der Waals surface area contributed by atoms with E-state index < -0.39 is 0 Å². The molecule has 0 saturated carbocycles. The number of rotatable bonds is 4. The molecular formula is C22H22ClNO5. The molecule has 4 rings (SSSR count). The molecule has 6 nitrogen and oxygen atoms in total. The van der Waals surface area contributed by atoms with Gasteiger partial charge in [0, 0.05) is 26.1 Å². The molecule has 2 heterocycles. The highest BCUT2D eigenvalue weighted by Gasteiger charge is 2.16. The van der Waals surface area contributed by atoms with E-state index in [-0.39, 0.29) is 5.91 Å². The number of carbonyl (C=O) groups is 1. The van der Waals surface area contributed by atoms with E-state index in [1.54, 1.807) is 24.1 Å². The van der Waals surface area contributed by atoms with Gasteiger partial charge in [-0.3, -0.25) is 4.79 Å². The quantitative estimate of drug-likeness (QED) is 0.708. The van der Waals surface area contributed by atoms with Gasteiger partial charge in [0.1, 0.15) is 13.2 Å². The minimum atomic E-state index is -0.122. The van der Waals surface area contributed by atoms with Crippen LogP contribution >= 0.6 is 11.6 Å². The number of amides is 1. The third-order valence-electron chi connectivity index (χ3n) is 4.65. The minimum Gasteiger partial charge on any atom is -0.489 e. The summed E-state index contributed by atoms with van der Waals surface area (Å²) < 4.78 is 22.4. The van der Waals surface area contributed by atoms with Crippen molar-refractivity contribution >= 4 is 23.6 Å². The summed E-state index contributed by atoms with van der Waals surface area (Å²) in [6.07, 6.45) is 4.05. The van der Waals surface area contributed by atoms with Gasteiger partial charge in [-0.05, 0) is 41.5 Å². The smallest absolute Gasteiger partial charge is 0.246 e. The van der Waals surface area contributed by atoms with E-state index in [1.807, 2.05) is 24.3 Å². The monoisotopic (exact) mass is 415 g/mol. The lowest BCUT2D eigenvalue weighted by Crippen LogP contribution is -2.24. The van der Waals surface area contributed by atoms with Crippen molar-refractivity contribution in [3.63, 3.8) is 0 Å². The highest BCUT2D eigenvalue weighted by molar-refractivity contribution is 6.32. The van der Waals surface area contributed by atoms with Crippen molar-refractivity contribution in [3.05, 3.63) is 52.6 Å². The van der Waals surface area contributed by atoms with Crippen molar-refractivity contribution < 1.29 is 23.7 Å². The molecule has 29 heavy (non-hydrogen) atoms. The van der Waals surface area contributed by atoms with Gasteiger partial charge in [-0.2, -0.15) is 0 Å². The normalized spacial score (nSPS) is 15.1. The molecule has 0 atom stereocenters. The number of fused-ring (bicyclic) bond motifs is 2. The first-order valence-corrected chi connectivity index (χ1v) is 9.89. The number of likely N-dealkylation sites (N-methyl/N-ethyl adjacent to an activating group) is 1. The van der Waals surface area contributed by atoms with Crippen LogP contribution in [-0.4, -0.2) is 44.3 Å². The number of halogens is 1. The fourth-order valence-corrected chi connectivity index (χ4v) is 3.45. The predicted molar refractivity (Wildman–Crippen MR) is 110 cm³/mol. The summed E-state index contributed by atoms with van der Waals surface area (Å²) in [4.78, 5) is 14.2. The first-order chi connectivity index (χ1) is 14.1. The molecule has 0 bridgehead atoms. The average Bonchev–Trinajstić information content (AvgIpc) is 2.98.